The molecule has 0 amide bonds. The lowest BCUT2D eigenvalue weighted by Crippen LogP contribution is -2.03. The van der Waals surface area contributed by atoms with E-state index in [1.807, 2.05) is 36.4 Å². The first-order valence-electron chi connectivity index (χ1n) is 9.01. The highest BCUT2D eigenvalue weighted by Gasteiger charge is 2.25. The number of rotatable bonds is 7. The lowest BCUT2D eigenvalue weighted by atomic mass is 10.3. The van der Waals surface area contributed by atoms with Crippen LogP contribution in [0.2, 0.25) is 0 Å². The van der Waals surface area contributed by atoms with E-state index in [1.165, 1.54) is 6.33 Å². The van der Waals surface area contributed by atoms with Crippen molar-refractivity contribution in [3.05, 3.63) is 101 Å². The van der Waals surface area contributed by atoms with Crippen LogP contribution in [0.3, 0.4) is 0 Å². The Hall–Kier alpha value is -4.46. The molecule has 0 saturated heterocycles. The standard InChI is InChI=1S/C22H16N4O4/c27-26(28)20-21(23-15-24-22(20)30-18-9-5-2-6-10-18)25-16-11-13-19(14-12-16)29-17-7-3-1-4-8-17/h1-15H,(H,23,24,25). The number of nitrogens with one attached hydrogen (secondary N) is 1. The van der Waals surface area contributed by atoms with Crippen molar-refractivity contribution < 1.29 is 14.4 Å². The molecule has 1 N–H and O–H groups in total. The molecule has 8 nitrogen and oxygen atoms in total. The lowest BCUT2D eigenvalue weighted by molar-refractivity contribution is -0.385. The molecule has 30 heavy (non-hydrogen) atoms. The zero-order valence-corrected chi connectivity index (χ0v) is 15.6. The number of nitro groups is 1. The van der Waals surface area contributed by atoms with Crippen molar-refractivity contribution in [3.63, 3.8) is 0 Å². The summed E-state index contributed by atoms with van der Waals surface area (Å²) in [6, 6.07) is 25.1. The van der Waals surface area contributed by atoms with Gasteiger partial charge in [-0.1, -0.05) is 36.4 Å². The lowest BCUT2D eigenvalue weighted by Gasteiger charge is -2.10. The molecule has 4 aromatic rings. The number of hydrogen-bond donors (Lipinski definition) is 1. The minimum atomic E-state index is -0.576. The summed E-state index contributed by atoms with van der Waals surface area (Å²) in [5.74, 6) is 1.67. The summed E-state index contributed by atoms with van der Waals surface area (Å²) in [4.78, 5) is 19.0. The number of benzene rings is 3. The first-order chi connectivity index (χ1) is 14.7. The van der Waals surface area contributed by atoms with Gasteiger partial charge in [-0.05, 0) is 48.5 Å². The van der Waals surface area contributed by atoms with Crippen LogP contribution in [0.4, 0.5) is 17.2 Å². The molecule has 0 aliphatic heterocycles. The number of para-hydroxylation sites is 2. The molecular formula is C22H16N4O4. The zero-order valence-electron chi connectivity index (χ0n) is 15.6. The van der Waals surface area contributed by atoms with Gasteiger partial charge in [0, 0.05) is 5.69 Å². The maximum atomic E-state index is 11.7. The molecule has 0 unspecified atom stereocenters. The molecule has 148 valence electrons. The van der Waals surface area contributed by atoms with E-state index in [4.69, 9.17) is 9.47 Å². The van der Waals surface area contributed by atoms with E-state index >= 15 is 0 Å². The monoisotopic (exact) mass is 400 g/mol. The highest BCUT2D eigenvalue weighted by Crippen LogP contribution is 2.35. The van der Waals surface area contributed by atoms with Crippen LogP contribution in [0, 0.1) is 10.1 Å². The van der Waals surface area contributed by atoms with Gasteiger partial charge in [0.1, 0.15) is 23.6 Å². The molecule has 3 aromatic carbocycles. The van der Waals surface area contributed by atoms with E-state index in [2.05, 4.69) is 15.3 Å². The van der Waals surface area contributed by atoms with Gasteiger partial charge in [-0.25, -0.2) is 4.98 Å². The van der Waals surface area contributed by atoms with Gasteiger partial charge in [-0.15, -0.1) is 0 Å². The number of aromatic nitrogens is 2. The van der Waals surface area contributed by atoms with Gasteiger partial charge in [0.15, 0.2) is 0 Å². The van der Waals surface area contributed by atoms with Crippen molar-refractivity contribution in [2.24, 2.45) is 0 Å². The summed E-state index contributed by atoms with van der Waals surface area (Å²) < 4.78 is 11.3. The Balaban J connectivity index is 1.55. The summed E-state index contributed by atoms with van der Waals surface area (Å²) in [5, 5.41) is 14.6. The van der Waals surface area contributed by atoms with Crippen molar-refractivity contribution >= 4 is 17.2 Å². The summed E-state index contributed by atoms with van der Waals surface area (Å²) in [5.41, 5.74) is 0.244. The number of ether oxygens (including phenoxy) is 2. The second kappa shape index (κ2) is 8.70. The Bertz CT molecular complexity index is 1140. The molecule has 0 bridgehead atoms. The molecule has 0 aliphatic rings. The number of anilines is 2. The van der Waals surface area contributed by atoms with E-state index in [0.29, 0.717) is 22.9 Å². The van der Waals surface area contributed by atoms with Crippen LogP contribution in [0.5, 0.6) is 23.1 Å². The molecule has 0 spiro atoms. The first-order valence-corrected chi connectivity index (χ1v) is 9.01. The van der Waals surface area contributed by atoms with Gasteiger partial charge < -0.3 is 14.8 Å². The molecule has 0 fully saturated rings. The van der Waals surface area contributed by atoms with Crippen LogP contribution in [0.1, 0.15) is 0 Å². The van der Waals surface area contributed by atoms with Crippen molar-refractivity contribution in [2.45, 2.75) is 0 Å². The quantitative estimate of drug-likeness (QED) is 0.313. The van der Waals surface area contributed by atoms with Crippen LogP contribution >= 0.6 is 0 Å². The zero-order chi connectivity index (χ0) is 20.8. The van der Waals surface area contributed by atoms with Crippen LogP contribution in [-0.4, -0.2) is 14.9 Å². The second-order valence-corrected chi connectivity index (χ2v) is 6.11. The van der Waals surface area contributed by atoms with Crippen molar-refractivity contribution in [1.29, 1.82) is 0 Å². The minimum absolute atomic E-state index is 0.0256. The van der Waals surface area contributed by atoms with Gasteiger partial charge in [0.25, 0.3) is 0 Å². The van der Waals surface area contributed by atoms with E-state index in [0.717, 1.165) is 0 Å². The molecule has 0 aliphatic carbocycles. The summed E-state index contributed by atoms with van der Waals surface area (Å²) in [7, 11) is 0. The Kier molecular flexibility index (Phi) is 5.47. The molecule has 0 radical (unpaired) electrons. The first kappa shape index (κ1) is 18.9. The highest BCUT2D eigenvalue weighted by atomic mass is 16.6. The third kappa shape index (κ3) is 4.50. The van der Waals surface area contributed by atoms with Crippen molar-refractivity contribution in [3.8, 4) is 23.1 Å². The summed E-state index contributed by atoms with van der Waals surface area (Å²) in [6.45, 7) is 0. The number of hydrogen-bond acceptors (Lipinski definition) is 7. The second-order valence-electron chi connectivity index (χ2n) is 6.11. The summed E-state index contributed by atoms with van der Waals surface area (Å²) in [6.07, 6.45) is 1.21. The fourth-order valence-corrected chi connectivity index (χ4v) is 2.66. The van der Waals surface area contributed by atoms with Crippen LogP contribution in [0.15, 0.2) is 91.3 Å². The third-order valence-electron chi connectivity index (χ3n) is 4.02. The molecular weight excluding hydrogens is 384 g/mol. The van der Waals surface area contributed by atoms with E-state index < -0.39 is 4.92 Å². The van der Waals surface area contributed by atoms with Crippen molar-refractivity contribution in [2.75, 3.05) is 5.32 Å². The van der Waals surface area contributed by atoms with E-state index in [9.17, 15) is 10.1 Å². The molecule has 1 aromatic heterocycles. The number of nitrogens with zero attached hydrogens (tertiary/aromatic N) is 3. The normalized spacial score (nSPS) is 10.3. The molecule has 0 atom stereocenters. The topological polar surface area (TPSA) is 99.4 Å². The summed E-state index contributed by atoms with van der Waals surface area (Å²) >= 11 is 0. The van der Waals surface area contributed by atoms with Gasteiger partial charge in [-0.3, -0.25) is 10.1 Å². The van der Waals surface area contributed by atoms with Crippen LogP contribution in [0.25, 0.3) is 0 Å². The van der Waals surface area contributed by atoms with Gasteiger partial charge in [0.05, 0.1) is 4.92 Å². The largest absolute Gasteiger partial charge is 0.457 e. The average molecular weight is 400 g/mol. The molecule has 0 saturated carbocycles. The molecule has 4 rings (SSSR count). The Labute approximate surface area is 171 Å². The van der Waals surface area contributed by atoms with Crippen LogP contribution < -0.4 is 14.8 Å². The maximum Gasteiger partial charge on any atom is 0.373 e. The highest BCUT2D eigenvalue weighted by molar-refractivity contribution is 5.69. The fraction of sp³-hybridized carbons (Fsp3) is 0. The Morgan fingerprint density at radius 3 is 1.90 bits per heavy atom. The Morgan fingerprint density at radius 1 is 0.733 bits per heavy atom. The molecule has 8 heteroatoms. The minimum Gasteiger partial charge on any atom is -0.457 e. The maximum absolute atomic E-state index is 11.7. The smallest absolute Gasteiger partial charge is 0.373 e. The van der Waals surface area contributed by atoms with E-state index in [-0.39, 0.29) is 17.4 Å². The predicted octanol–water partition coefficient (Wildman–Crippen LogP) is 5.71. The third-order valence-corrected chi connectivity index (χ3v) is 4.02. The SMILES string of the molecule is O=[N+]([O-])c1c(Nc2ccc(Oc3ccccc3)cc2)ncnc1Oc1ccccc1. The van der Waals surface area contributed by atoms with Crippen LogP contribution in [-0.2, 0) is 0 Å². The fourth-order valence-electron chi connectivity index (χ4n) is 2.66. The van der Waals surface area contributed by atoms with Crippen molar-refractivity contribution in [1.82, 2.24) is 9.97 Å². The van der Waals surface area contributed by atoms with E-state index in [1.54, 1.807) is 48.5 Å². The average Bonchev–Trinajstić information content (AvgIpc) is 2.76. The van der Waals surface area contributed by atoms with Gasteiger partial charge >= 0.3 is 11.6 Å². The Morgan fingerprint density at radius 2 is 1.30 bits per heavy atom. The van der Waals surface area contributed by atoms with Gasteiger partial charge in [-0.2, -0.15) is 4.98 Å². The predicted molar refractivity (Wildman–Crippen MR) is 111 cm³/mol. The van der Waals surface area contributed by atoms with Gasteiger partial charge in [0.2, 0.25) is 5.82 Å². The molecule has 1 heterocycles.